The highest BCUT2D eigenvalue weighted by Gasteiger charge is 2.15. The van der Waals surface area contributed by atoms with Crippen molar-refractivity contribution in [2.24, 2.45) is 0 Å². The molecule has 114 valence electrons. The number of imidazole rings is 1. The van der Waals surface area contributed by atoms with E-state index in [4.69, 9.17) is 4.74 Å². The maximum atomic E-state index is 5.67. The Morgan fingerprint density at radius 2 is 1.90 bits per heavy atom. The van der Waals surface area contributed by atoms with Gasteiger partial charge in [-0.3, -0.25) is 0 Å². The SMILES string of the molecule is CCC(NC(C)c1ccc(OC(C)C)cc1)c1ncc[nH]1. The molecule has 0 saturated heterocycles. The third-order valence-electron chi connectivity index (χ3n) is 3.46. The number of hydrogen-bond acceptors (Lipinski definition) is 3. The Labute approximate surface area is 127 Å². The maximum absolute atomic E-state index is 5.67. The summed E-state index contributed by atoms with van der Waals surface area (Å²) in [5.41, 5.74) is 1.25. The molecular formula is C17H25N3O. The van der Waals surface area contributed by atoms with Gasteiger partial charge in [-0.05, 0) is 44.9 Å². The van der Waals surface area contributed by atoms with Crippen LogP contribution in [0.15, 0.2) is 36.7 Å². The first-order valence-corrected chi connectivity index (χ1v) is 7.62. The van der Waals surface area contributed by atoms with Gasteiger partial charge in [-0.2, -0.15) is 0 Å². The van der Waals surface area contributed by atoms with Crippen LogP contribution < -0.4 is 10.1 Å². The molecule has 4 nitrogen and oxygen atoms in total. The number of hydrogen-bond donors (Lipinski definition) is 2. The van der Waals surface area contributed by atoms with Gasteiger partial charge in [-0.1, -0.05) is 19.1 Å². The fraction of sp³-hybridized carbons (Fsp3) is 0.471. The van der Waals surface area contributed by atoms with Crippen LogP contribution in [0.3, 0.4) is 0 Å². The highest BCUT2D eigenvalue weighted by Crippen LogP contribution is 2.22. The summed E-state index contributed by atoms with van der Waals surface area (Å²) >= 11 is 0. The lowest BCUT2D eigenvalue weighted by Gasteiger charge is -2.21. The van der Waals surface area contributed by atoms with Crippen LogP contribution in [0, 0.1) is 0 Å². The maximum Gasteiger partial charge on any atom is 0.123 e. The summed E-state index contributed by atoms with van der Waals surface area (Å²) in [7, 11) is 0. The van der Waals surface area contributed by atoms with Crippen molar-refractivity contribution in [3.05, 3.63) is 48.0 Å². The Kier molecular flexibility index (Phi) is 5.39. The van der Waals surface area contributed by atoms with Gasteiger partial charge in [0.1, 0.15) is 11.6 Å². The number of aromatic amines is 1. The zero-order valence-electron chi connectivity index (χ0n) is 13.3. The number of H-pyrrole nitrogens is 1. The minimum atomic E-state index is 0.204. The van der Waals surface area contributed by atoms with E-state index in [1.807, 2.05) is 32.2 Å². The van der Waals surface area contributed by atoms with Crippen molar-refractivity contribution in [1.29, 1.82) is 0 Å². The fourth-order valence-corrected chi connectivity index (χ4v) is 2.36. The molecule has 2 rings (SSSR count). The van der Waals surface area contributed by atoms with Crippen LogP contribution in [0.1, 0.15) is 57.6 Å². The molecule has 0 amide bonds. The Morgan fingerprint density at radius 3 is 2.43 bits per heavy atom. The summed E-state index contributed by atoms with van der Waals surface area (Å²) in [5, 5.41) is 3.61. The summed E-state index contributed by atoms with van der Waals surface area (Å²) in [5.74, 6) is 1.91. The number of nitrogens with zero attached hydrogens (tertiary/aromatic N) is 1. The zero-order chi connectivity index (χ0) is 15.2. The molecule has 1 heterocycles. The zero-order valence-corrected chi connectivity index (χ0v) is 13.3. The first-order valence-electron chi connectivity index (χ1n) is 7.62. The van der Waals surface area contributed by atoms with Crippen LogP contribution in [0.25, 0.3) is 0 Å². The standard InChI is InChI=1S/C17H25N3O/c1-5-16(17-18-10-11-19-17)20-13(4)14-6-8-15(9-7-14)21-12(2)3/h6-13,16,20H,5H2,1-4H3,(H,18,19). The van der Waals surface area contributed by atoms with E-state index >= 15 is 0 Å². The molecule has 2 atom stereocenters. The van der Waals surface area contributed by atoms with Crippen molar-refractivity contribution in [3.63, 3.8) is 0 Å². The van der Waals surface area contributed by atoms with E-state index in [2.05, 4.69) is 41.3 Å². The lowest BCUT2D eigenvalue weighted by molar-refractivity contribution is 0.242. The van der Waals surface area contributed by atoms with E-state index in [0.29, 0.717) is 0 Å². The van der Waals surface area contributed by atoms with E-state index in [-0.39, 0.29) is 18.2 Å². The molecule has 2 aromatic rings. The molecule has 0 aliphatic rings. The smallest absolute Gasteiger partial charge is 0.123 e. The molecule has 1 aromatic carbocycles. The largest absolute Gasteiger partial charge is 0.491 e. The molecule has 2 N–H and O–H groups in total. The minimum absolute atomic E-state index is 0.204. The Hall–Kier alpha value is -1.81. The summed E-state index contributed by atoms with van der Waals surface area (Å²) in [6, 6.07) is 8.78. The molecule has 1 aromatic heterocycles. The predicted octanol–water partition coefficient (Wildman–Crippen LogP) is 4.00. The first-order chi connectivity index (χ1) is 10.1. The molecule has 0 radical (unpaired) electrons. The molecule has 0 saturated carbocycles. The number of aromatic nitrogens is 2. The molecule has 0 fully saturated rings. The van der Waals surface area contributed by atoms with Gasteiger partial charge in [0.25, 0.3) is 0 Å². The molecule has 0 spiro atoms. The second-order valence-corrected chi connectivity index (χ2v) is 5.56. The van der Waals surface area contributed by atoms with Crippen molar-refractivity contribution < 1.29 is 4.74 Å². The van der Waals surface area contributed by atoms with E-state index in [0.717, 1.165) is 18.0 Å². The molecule has 0 aliphatic heterocycles. The average Bonchev–Trinajstić information content (AvgIpc) is 2.98. The number of benzene rings is 1. The monoisotopic (exact) mass is 287 g/mol. The predicted molar refractivity (Wildman–Crippen MR) is 85.4 cm³/mol. The van der Waals surface area contributed by atoms with Gasteiger partial charge in [0.2, 0.25) is 0 Å². The Bertz CT molecular complexity index is 519. The van der Waals surface area contributed by atoms with Crippen molar-refractivity contribution in [2.75, 3.05) is 0 Å². The molecule has 4 heteroatoms. The third kappa shape index (κ3) is 4.33. The van der Waals surface area contributed by atoms with Gasteiger partial charge in [-0.15, -0.1) is 0 Å². The summed E-state index contributed by atoms with van der Waals surface area (Å²) < 4.78 is 5.67. The normalized spacial score (nSPS) is 14.1. The van der Waals surface area contributed by atoms with E-state index in [1.165, 1.54) is 5.56 Å². The van der Waals surface area contributed by atoms with Crippen LogP contribution in [0.5, 0.6) is 5.75 Å². The summed E-state index contributed by atoms with van der Waals surface area (Å²) in [4.78, 5) is 7.52. The van der Waals surface area contributed by atoms with E-state index in [1.54, 1.807) is 6.20 Å². The molecule has 0 aliphatic carbocycles. The lowest BCUT2D eigenvalue weighted by Crippen LogP contribution is -2.25. The molecule has 0 bridgehead atoms. The van der Waals surface area contributed by atoms with Crippen LogP contribution in [0.2, 0.25) is 0 Å². The van der Waals surface area contributed by atoms with Crippen LogP contribution >= 0.6 is 0 Å². The van der Waals surface area contributed by atoms with Gasteiger partial charge in [0, 0.05) is 18.4 Å². The van der Waals surface area contributed by atoms with E-state index in [9.17, 15) is 0 Å². The Morgan fingerprint density at radius 1 is 1.19 bits per heavy atom. The highest BCUT2D eigenvalue weighted by atomic mass is 16.5. The third-order valence-corrected chi connectivity index (χ3v) is 3.46. The summed E-state index contributed by atoms with van der Waals surface area (Å²) in [6.45, 7) is 8.40. The molecule has 2 unspecified atom stereocenters. The first kappa shape index (κ1) is 15.6. The van der Waals surface area contributed by atoms with Crippen molar-refractivity contribution >= 4 is 0 Å². The van der Waals surface area contributed by atoms with Gasteiger partial charge >= 0.3 is 0 Å². The van der Waals surface area contributed by atoms with Gasteiger partial charge in [0.05, 0.1) is 12.1 Å². The second-order valence-electron chi connectivity index (χ2n) is 5.56. The lowest BCUT2D eigenvalue weighted by atomic mass is 10.1. The van der Waals surface area contributed by atoms with Crippen LogP contribution in [-0.2, 0) is 0 Å². The second kappa shape index (κ2) is 7.27. The van der Waals surface area contributed by atoms with Gasteiger partial charge in [-0.25, -0.2) is 4.98 Å². The summed E-state index contributed by atoms with van der Waals surface area (Å²) in [6.07, 6.45) is 4.85. The number of rotatable bonds is 7. The Balaban J connectivity index is 2.00. The van der Waals surface area contributed by atoms with Gasteiger partial charge < -0.3 is 15.0 Å². The highest BCUT2D eigenvalue weighted by molar-refractivity contribution is 5.29. The van der Waals surface area contributed by atoms with Gasteiger partial charge in [0.15, 0.2) is 0 Å². The molecular weight excluding hydrogens is 262 g/mol. The van der Waals surface area contributed by atoms with Crippen molar-refractivity contribution in [1.82, 2.24) is 15.3 Å². The van der Waals surface area contributed by atoms with E-state index < -0.39 is 0 Å². The minimum Gasteiger partial charge on any atom is -0.491 e. The number of nitrogens with one attached hydrogen (secondary N) is 2. The quantitative estimate of drug-likeness (QED) is 0.809. The van der Waals surface area contributed by atoms with Crippen LogP contribution in [0.4, 0.5) is 0 Å². The van der Waals surface area contributed by atoms with Crippen molar-refractivity contribution in [3.8, 4) is 5.75 Å². The number of ether oxygens (including phenoxy) is 1. The topological polar surface area (TPSA) is 49.9 Å². The fourth-order valence-electron chi connectivity index (χ4n) is 2.36. The molecule has 21 heavy (non-hydrogen) atoms. The average molecular weight is 287 g/mol. The van der Waals surface area contributed by atoms with Crippen LogP contribution in [-0.4, -0.2) is 16.1 Å². The van der Waals surface area contributed by atoms with Crippen molar-refractivity contribution in [2.45, 2.75) is 52.3 Å².